The van der Waals surface area contributed by atoms with E-state index in [9.17, 15) is 14.7 Å². The Morgan fingerprint density at radius 2 is 2.08 bits per heavy atom. The summed E-state index contributed by atoms with van der Waals surface area (Å²) in [6, 6.07) is 7.54. The lowest BCUT2D eigenvalue weighted by atomic mass is 9.76. The van der Waals surface area contributed by atoms with Gasteiger partial charge in [-0.2, -0.15) is 0 Å². The SMILES string of the molecule is CC(=O)N1CCC[C@H]2N(Cc3cccc(C(=O)O)c3)CCC[C@@]21C. The zero-order valence-corrected chi connectivity index (χ0v) is 14.5. The molecule has 2 atom stereocenters. The molecule has 1 N–H and O–H groups in total. The molecule has 2 aliphatic rings. The molecule has 0 spiro atoms. The number of carboxylic acids is 1. The second-order valence-corrected chi connectivity index (χ2v) is 7.27. The van der Waals surface area contributed by atoms with Gasteiger partial charge in [0.15, 0.2) is 0 Å². The van der Waals surface area contributed by atoms with E-state index < -0.39 is 5.97 Å². The molecule has 0 unspecified atom stereocenters. The van der Waals surface area contributed by atoms with Crippen molar-refractivity contribution in [2.45, 2.75) is 57.7 Å². The fourth-order valence-corrected chi connectivity index (χ4v) is 4.61. The third kappa shape index (κ3) is 3.05. The lowest BCUT2D eigenvalue weighted by Gasteiger charge is -2.56. The number of benzene rings is 1. The molecule has 0 aromatic heterocycles. The summed E-state index contributed by atoms with van der Waals surface area (Å²) in [4.78, 5) is 27.8. The first kappa shape index (κ1) is 17.0. The van der Waals surface area contributed by atoms with Crippen LogP contribution in [0.4, 0.5) is 0 Å². The molecule has 0 bridgehead atoms. The topological polar surface area (TPSA) is 60.9 Å². The molecule has 1 amide bonds. The summed E-state index contributed by atoms with van der Waals surface area (Å²) < 4.78 is 0. The molecule has 0 saturated carbocycles. The molecule has 2 aliphatic heterocycles. The fraction of sp³-hybridized carbons (Fsp3) is 0.579. The van der Waals surface area contributed by atoms with Crippen molar-refractivity contribution >= 4 is 11.9 Å². The molecule has 1 aromatic rings. The second-order valence-electron chi connectivity index (χ2n) is 7.27. The van der Waals surface area contributed by atoms with E-state index in [1.165, 1.54) is 0 Å². The third-order valence-corrected chi connectivity index (χ3v) is 5.70. The Balaban J connectivity index is 1.82. The van der Waals surface area contributed by atoms with Crippen molar-refractivity contribution < 1.29 is 14.7 Å². The molecule has 1 aromatic carbocycles. The Hall–Kier alpha value is -1.88. The maximum absolute atomic E-state index is 12.1. The number of piperidine rings is 2. The average Bonchev–Trinajstić information content (AvgIpc) is 2.54. The van der Waals surface area contributed by atoms with Gasteiger partial charge in [-0.25, -0.2) is 4.79 Å². The van der Waals surface area contributed by atoms with Gasteiger partial charge >= 0.3 is 5.97 Å². The maximum Gasteiger partial charge on any atom is 0.335 e. The second kappa shape index (κ2) is 6.55. The molecule has 0 aliphatic carbocycles. The standard InChI is InChI=1S/C19H26N2O3/c1-14(22)21-11-4-8-17-19(21,2)9-5-10-20(17)13-15-6-3-7-16(12-15)18(23)24/h3,6-7,12,17H,4-5,8-11,13H2,1-2H3,(H,23,24)/t17-,19+/m1/s1. The van der Waals surface area contributed by atoms with Gasteiger partial charge in [-0.1, -0.05) is 12.1 Å². The Labute approximate surface area is 143 Å². The lowest BCUT2D eigenvalue weighted by molar-refractivity contribution is -0.145. The van der Waals surface area contributed by atoms with Gasteiger partial charge in [0.1, 0.15) is 0 Å². The highest BCUT2D eigenvalue weighted by Crippen LogP contribution is 2.39. The van der Waals surface area contributed by atoms with Gasteiger partial charge in [-0.3, -0.25) is 9.69 Å². The minimum Gasteiger partial charge on any atom is -0.478 e. The Kier molecular flexibility index (Phi) is 4.63. The van der Waals surface area contributed by atoms with Crippen LogP contribution in [0.2, 0.25) is 0 Å². The zero-order valence-electron chi connectivity index (χ0n) is 14.5. The van der Waals surface area contributed by atoms with Crippen LogP contribution in [0.3, 0.4) is 0 Å². The number of hydrogen-bond acceptors (Lipinski definition) is 3. The minimum absolute atomic E-state index is 0.104. The monoisotopic (exact) mass is 330 g/mol. The molecule has 5 heteroatoms. The predicted octanol–water partition coefficient (Wildman–Crippen LogP) is 2.75. The first-order chi connectivity index (χ1) is 11.4. The van der Waals surface area contributed by atoms with Crippen LogP contribution in [0.1, 0.15) is 55.5 Å². The van der Waals surface area contributed by atoms with Gasteiger partial charge < -0.3 is 10.0 Å². The molecule has 0 radical (unpaired) electrons. The first-order valence-electron chi connectivity index (χ1n) is 8.76. The van der Waals surface area contributed by atoms with Crippen LogP contribution in [0.25, 0.3) is 0 Å². The molecule has 2 fully saturated rings. The van der Waals surface area contributed by atoms with Gasteiger partial charge in [0.2, 0.25) is 5.91 Å². The number of carbonyl (C=O) groups is 2. The van der Waals surface area contributed by atoms with Crippen LogP contribution in [0.5, 0.6) is 0 Å². The van der Waals surface area contributed by atoms with Crippen molar-refractivity contribution in [1.29, 1.82) is 0 Å². The average molecular weight is 330 g/mol. The summed E-state index contributed by atoms with van der Waals surface area (Å²) in [6.07, 6.45) is 4.24. The van der Waals surface area contributed by atoms with Crippen molar-refractivity contribution in [3.05, 3.63) is 35.4 Å². The van der Waals surface area contributed by atoms with E-state index in [1.807, 2.05) is 12.1 Å². The zero-order chi connectivity index (χ0) is 17.3. The smallest absolute Gasteiger partial charge is 0.335 e. The van der Waals surface area contributed by atoms with Crippen molar-refractivity contribution in [2.75, 3.05) is 13.1 Å². The largest absolute Gasteiger partial charge is 0.478 e. The van der Waals surface area contributed by atoms with Gasteiger partial charge in [0.05, 0.1) is 11.1 Å². The van der Waals surface area contributed by atoms with Gasteiger partial charge in [0, 0.05) is 26.1 Å². The molecule has 2 heterocycles. The Morgan fingerprint density at radius 1 is 1.29 bits per heavy atom. The van der Waals surface area contributed by atoms with E-state index in [2.05, 4.69) is 16.7 Å². The summed E-state index contributed by atoms with van der Waals surface area (Å²) in [6.45, 7) is 6.49. The van der Waals surface area contributed by atoms with Crippen LogP contribution in [-0.4, -0.2) is 51.5 Å². The third-order valence-electron chi connectivity index (χ3n) is 5.70. The van der Waals surface area contributed by atoms with Gasteiger partial charge in [-0.05, 0) is 56.8 Å². The summed E-state index contributed by atoms with van der Waals surface area (Å²) in [5.41, 5.74) is 1.26. The number of hydrogen-bond donors (Lipinski definition) is 1. The molecular formula is C19H26N2O3. The molecule has 130 valence electrons. The van der Waals surface area contributed by atoms with Gasteiger partial charge in [0.25, 0.3) is 0 Å². The number of fused-ring (bicyclic) bond motifs is 1. The van der Waals surface area contributed by atoms with Crippen LogP contribution < -0.4 is 0 Å². The highest BCUT2D eigenvalue weighted by atomic mass is 16.4. The summed E-state index contributed by atoms with van der Waals surface area (Å²) in [5, 5.41) is 9.18. The highest BCUT2D eigenvalue weighted by molar-refractivity contribution is 5.87. The fourth-order valence-electron chi connectivity index (χ4n) is 4.61. The van der Waals surface area contributed by atoms with E-state index in [1.54, 1.807) is 19.1 Å². The van der Waals surface area contributed by atoms with Crippen LogP contribution in [0, 0.1) is 0 Å². The number of carbonyl (C=O) groups excluding carboxylic acids is 1. The number of aromatic carboxylic acids is 1. The summed E-state index contributed by atoms with van der Waals surface area (Å²) in [5.74, 6) is -0.724. The number of rotatable bonds is 3. The van der Waals surface area contributed by atoms with E-state index in [0.717, 1.165) is 50.9 Å². The summed E-state index contributed by atoms with van der Waals surface area (Å²) >= 11 is 0. The lowest BCUT2D eigenvalue weighted by Crippen LogP contribution is -2.66. The van der Waals surface area contributed by atoms with E-state index in [-0.39, 0.29) is 11.4 Å². The van der Waals surface area contributed by atoms with Crippen LogP contribution >= 0.6 is 0 Å². The highest BCUT2D eigenvalue weighted by Gasteiger charge is 2.47. The predicted molar refractivity (Wildman–Crippen MR) is 91.9 cm³/mol. The van der Waals surface area contributed by atoms with Crippen LogP contribution in [0.15, 0.2) is 24.3 Å². The quantitative estimate of drug-likeness (QED) is 0.926. The molecule has 2 saturated heterocycles. The minimum atomic E-state index is -0.888. The first-order valence-corrected chi connectivity index (χ1v) is 8.76. The van der Waals surface area contributed by atoms with Crippen molar-refractivity contribution in [1.82, 2.24) is 9.80 Å². The van der Waals surface area contributed by atoms with Crippen molar-refractivity contribution in [2.24, 2.45) is 0 Å². The summed E-state index contributed by atoms with van der Waals surface area (Å²) in [7, 11) is 0. The maximum atomic E-state index is 12.1. The molecule has 3 rings (SSSR count). The number of nitrogens with zero attached hydrogens (tertiary/aromatic N) is 2. The molecular weight excluding hydrogens is 304 g/mol. The number of likely N-dealkylation sites (tertiary alicyclic amines) is 2. The normalized spacial score (nSPS) is 27.6. The van der Waals surface area contributed by atoms with E-state index in [0.29, 0.717) is 11.6 Å². The molecule has 5 nitrogen and oxygen atoms in total. The Bertz CT molecular complexity index is 645. The van der Waals surface area contributed by atoms with E-state index >= 15 is 0 Å². The number of carboxylic acid groups (broad SMARTS) is 1. The van der Waals surface area contributed by atoms with E-state index in [4.69, 9.17) is 0 Å². The Morgan fingerprint density at radius 3 is 2.79 bits per heavy atom. The van der Waals surface area contributed by atoms with Crippen molar-refractivity contribution in [3.8, 4) is 0 Å². The van der Waals surface area contributed by atoms with Crippen molar-refractivity contribution in [3.63, 3.8) is 0 Å². The van der Waals surface area contributed by atoms with Crippen LogP contribution in [-0.2, 0) is 11.3 Å². The van der Waals surface area contributed by atoms with Gasteiger partial charge in [-0.15, -0.1) is 0 Å². The number of amides is 1. The molecule has 24 heavy (non-hydrogen) atoms.